The quantitative estimate of drug-likeness (QED) is 0.777. The van der Waals surface area contributed by atoms with Crippen LogP contribution in [0.3, 0.4) is 0 Å². The number of amides is 1. The van der Waals surface area contributed by atoms with E-state index in [9.17, 15) is 9.59 Å². The van der Waals surface area contributed by atoms with Gasteiger partial charge in [0.2, 0.25) is 11.3 Å². The number of aromatic nitrogens is 3. The molecule has 0 aliphatic rings. The maximum Gasteiger partial charge on any atom is 0.222 e. The molecule has 0 aliphatic carbocycles. The maximum absolute atomic E-state index is 12.0. The molecule has 122 valence electrons. The second kappa shape index (κ2) is 7.04. The molecule has 1 amide bonds. The second-order valence-corrected chi connectivity index (χ2v) is 5.55. The SMILES string of the molecule is Cc1cccc(CNC(=O)CCn2ncc(=O)c3ccccc32)n1. The third-order valence-corrected chi connectivity index (χ3v) is 3.73. The third kappa shape index (κ3) is 3.65. The molecule has 2 aromatic heterocycles. The fourth-order valence-corrected chi connectivity index (χ4v) is 2.52. The average molecular weight is 322 g/mol. The van der Waals surface area contributed by atoms with E-state index < -0.39 is 0 Å². The number of nitrogens with one attached hydrogen (secondary N) is 1. The molecule has 0 spiro atoms. The first-order chi connectivity index (χ1) is 11.6. The van der Waals surface area contributed by atoms with Crippen molar-refractivity contribution in [2.24, 2.45) is 0 Å². The molecule has 1 N–H and O–H groups in total. The van der Waals surface area contributed by atoms with Crippen molar-refractivity contribution in [3.8, 4) is 0 Å². The molecular formula is C18H18N4O2. The summed E-state index contributed by atoms with van der Waals surface area (Å²) in [4.78, 5) is 28.2. The minimum absolute atomic E-state index is 0.0807. The van der Waals surface area contributed by atoms with Crippen molar-refractivity contribution in [1.82, 2.24) is 20.1 Å². The Morgan fingerprint density at radius 1 is 1.17 bits per heavy atom. The molecule has 0 saturated carbocycles. The van der Waals surface area contributed by atoms with E-state index in [2.05, 4.69) is 15.4 Å². The highest BCUT2D eigenvalue weighted by atomic mass is 16.1. The van der Waals surface area contributed by atoms with Crippen LogP contribution in [0.2, 0.25) is 0 Å². The summed E-state index contributed by atoms with van der Waals surface area (Å²) in [6, 6.07) is 13.0. The molecule has 0 bridgehead atoms. The lowest BCUT2D eigenvalue weighted by Gasteiger charge is -2.09. The van der Waals surface area contributed by atoms with Crippen LogP contribution in [0.25, 0.3) is 10.9 Å². The van der Waals surface area contributed by atoms with Crippen LogP contribution in [0.1, 0.15) is 17.8 Å². The van der Waals surface area contributed by atoms with E-state index in [0.717, 1.165) is 16.9 Å². The van der Waals surface area contributed by atoms with Gasteiger partial charge in [-0.25, -0.2) is 0 Å². The topological polar surface area (TPSA) is 76.9 Å². The summed E-state index contributed by atoms with van der Waals surface area (Å²) in [6.45, 7) is 2.73. The minimum Gasteiger partial charge on any atom is -0.350 e. The lowest BCUT2D eigenvalue weighted by molar-refractivity contribution is -0.121. The number of para-hydroxylation sites is 1. The number of fused-ring (bicyclic) bond motifs is 1. The van der Waals surface area contributed by atoms with Crippen LogP contribution in [0.4, 0.5) is 0 Å². The number of benzene rings is 1. The molecule has 0 fully saturated rings. The van der Waals surface area contributed by atoms with Crippen LogP contribution >= 0.6 is 0 Å². The van der Waals surface area contributed by atoms with Gasteiger partial charge in [-0.05, 0) is 31.2 Å². The monoisotopic (exact) mass is 322 g/mol. The van der Waals surface area contributed by atoms with E-state index in [1.54, 1.807) is 10.7 Å². The number of hydrogen-bond donors (Lipinski definition) is 1. The van der Waals surface area contributed by atoms with Crippen molar-refractivity contribution >= 4 is 16.8 Å². The summed E-state index contributed by atoms with van der Waals surface area (Å²) in [7, 11) is 0. The lowest BCUT2D eigenvalue weighted by atomic mass is 10.2. The number of carbonyl (C=O) groups excluding carboxylic acids is 1. The minimum atomic E-state index is -0.114. The Hall–Kier alpha value is -3.02. The van der Waals surface area contributed by atoms with Gasteiger partial charge in [0, 0.05) is 17.5 Å². The standard InChI is InChI=1S/C18H18N4O2/c1-13-5-4-6-14(21-13)11-19-18(24)9-10-22-16-8-3-2-7-15(16)17(23)12-20-22/h2-8,12H,9-11H2,1H3,(H,19,24). The first-order valence-corrected chi connectivity index (χ1v) is 7.77. The average Bonchev–Trinajstić information content (AvgIpc) is 2.60. The van der Waals surface area contributed by atoms with Crippen LogP contribution < -0.4 is 10.7 Å². The van der Waals surface area contributed by atoms with E-state index >= 15 is 0 Å². The lowest BCUT2D eigenvalue weighted by Crippen LogP contribution is -2.25. The van der Waals surface area contributed by atoms with E-state index in [1.807, 2.05) is 43.3 Å². The van der Waals surface area contributed by atoms with Gasteiger partial charge in [0.15, 0.2) is 0 Å². The summed E-state index contributed by atoms with van der Waals surface area (Å²) in [5, 5.41) is 7.58. The zero-order valence-corrected chi connectivity index (χ0v) is 13.4. The molecule has 6 heteroatoms. The molecule has 0 unspecified atom stereocenters. The van der Waals surface area contributed by atoms with Crippen LogP contribution in [-0.2, 0) is 17.9 Å². The first-order valence-electron chi connectivity index (χ1n) is 7.77. The van der Waals surface area contributed by atoms with E-state index in [0.29, 0.717) is 18.5 Å². The van der Waals surface area contributed by atoms with Crippen LogP contribution in [0.15, 0.2) is 53.5 Å². The Kier molecular flexibility index (Phi) is 4.65. The molecule has 2 heterocycles. The molecular weight excluding hydrogens is 304 g/mol. The smallest absolute Gasteiger partial charge is 0.222 e. The molecule has 24 heavy (non-hydrogen) atoms. The molecule has 3 rings (SSSR count). The summed E-state index contributed by atoms with van der Waals surface area (Å²) in [5.41, 5.74) is 2.37. The predicted octanol–water partition coefficient (Wildman–Crippen LogP) is 1.81. The van der Waals surface area contributed by atoms with E-state index in [-0.39, 0.29) is 17.8 Å². The Morgan fingerprint density at radius 2 is 2.00 bits per heavy atom. The first kappa shape index (κ1) is 15.9. The number of aryl methyl sites for hydroxylation is 2. The molecule has 0 saturated heterocycles. The van der Waals surface area contributed by atoms with Crippen LogP contribution in [0, 0.1) is 6.92 Å². The van der Waals surface area contributed by atoms with E-state index in [4.69, 9.17) is 0 Å². The predicted molar refractivity (Wildman–Crippen MR) is 91.4 cm³/mol. The Bertz CT molecular complexity index is 933. The van der Waals surface area contributed by atoms with Crippen molar-refractivity contribution in [3.63, 3.8) is 0 Å². The second-order valence-electron chi connectivity index (χ2n) is 5.55. The van der Waals surface area contributed by atoms with Gasteiger partial charge in [0.05, 0.1) is 30.5 Å². The van der Waals surface area contributed by atoms with Crippen molar-refractivity contribution in [3.05, 3.63) is 70.3 Å². The van der Waals surface area contributed by atoms with Gasteiger partial charge < -0.3 is 5.32 Å². The Labute approximate surface area is 139 Å². The molecule has 0 radical (unpaired) electrons. The summed E-state index contributed by atoms with van der Waals surface area (Å²) in [6.07, 6.45) is 1.57. The van der Waals surface area contributed by atoms with Crippen molar-refractivity contribution < 1.29 is 4.79 Å². The highest BCUT2D eigenvalue weighted by Gasteiger charge is 2.06. The number of pyridine rings is 1. The number of hydrogen-bond acceptors (Lipinski definition) is 4. The molecule has 6 nitrogen and oxygen atoms in total. The summed E-state index contributed by atoms with van der Waals surface area (Å²) < 4.78 is 1.68. The summed E-state index contributed by atoms with van der Waals surface area (Å²) in [5.74, 6) is -0.0807. The maximum atomic E-state index is 12.0. The van der Waals surface area contributed by atoms with Gasteiger partial charge in [-0.3, -0.25) is 19.3 Å². The Morgan fingerprint density at radius 3 is 2.83 bits per heavy atom. The van der Waals surface area contributed by atoms with Crippen molar-refractivity contribution in [2.45, 2.75) is 26.4 Å². The van der Waals surface area contributed by atoms with E-state index in [1.165, 1.54) is 6.20 Å². The van der Waals surface area contributed by atoms with Gasteiger partial charge in [-0.15, -0.1) is 0 Å². The normalized spacial score (nSPS) is 10.7. The van der Waals surface area contributed by atoms with Gasteiger partial charge >= 0.3 is 0 Å². The van der Waals surface area contributed by atoms with Crippen LogP contribution in [0.5, 0.6) is 0 Å². The zero-order chi connectivity index (χ0) is 16.9. The number of nitrogens with zero attached hydrogens (tertiary/aromatic N) is 3. The van der Waals surface area contributed by atoms with Crippen molar-refractivity contribution in [1.29, 1.82) is 0 Å². The molecule has 1 aromatic carbocycles. The highest BCUT2D eigenvalue weighted by molar-refractivity contribution is 5.79. The largest absolute Gasteiger partial charge is 0.350 e. The molecule has 0 atom stereocenters. The zero-order valence-electron chi connectivity index (χ0n) is 13.4. The van der Waals surface area contributed by atoms with Gasteiger partial charge in [0.1, 0.15) is 0 Å². The number of carbonyl (C=O) groups is 1. The molecule has 0 aliphatic heterocycles. The fraction of sp³-hybridized carbons (Fsp3) is 0.222. The van der Waals surface area contributed by atoms with Crippen molar-refractivity contribution in [2.75, 3.05) is 0 Å². The van der Waals surface area contributed by atoms with Gasteiger partial charge in [-0.2, -0.15) is 5.10 Å². The van der Waals surface area contributed by atoms with Gasteiger partial charge in [-0.1, -0.05) is 18.2 Å². The fourth-order valence-electron chi connectivity index (χ4n) is 2.52. The Balaban J connectivity index is 1.63. The highest BCUT2D eigenvalue weighted by Crippen LogP contribution is 2.08. The third-order valence-electron chi connectivity index (χ3n) is 3.73. The molecule has 3 aromatic rings. The van der Waals surface area contributed by atoms with Crippen LogP contribution in [-0.4, -0.2) is 20.7 Å². The number of rotatable bonds is 5. The van der Waals surface area contributed by atoms with Gasteiger partial charge in [0.25, 0.3) is 0 Å². The summed E-state index contributed by atoms with van der Waals surface area (Å²) >= 11 is 0.